The Labute approximate surface area is 124 Å². The van der Waals surface area contributed by atoms with Crippen molar-refractivity contribution in [1.82, 2.24) is 9.78 Å². The maximum atomic E-state index is 13.7. The van der Waals surface area contributed by atoms with Gasteiger partial charge in [0.2, 0.25) is 0 Å². The molecule has 1 aromatic heterocycles. The molecule has 0 spiro atoms. The quantitative estimate of drug-likeness (QED) is 0.921. The summed E-state index contributed by atoms with van der Waals surface area (Å²) in [5.74, 6) is -1.49. The fourth-order valence-electron chi connectivity index (χ4n) is 2.18. The van der Waals surface area contributed by atoms with Crippen LogP contribution in [0, 0.1) is 18.6 Å². The van der Waals surface area contributed by atoms with E-state index in [1.807, 2.05) is 13.8 Å². The number of halogens is 3. The van der Waals surface area contributed by atoms with Crippen molar-refractivity contribution in [1.29, 1.82) is 0 Å². The second-order valence-corrected chi connectivity index (χ2v) is 5.31. The zero-order valence-corrected chi connectivity index (χ0v) is 12.8. The lowest BCUT2D eigenvalue weighted by molar-refractivity contribution is 0.165. The van der Waals surface area contributed by atoms with Crippen LogP contribution in [0.4, 0.5) is 8.78 Å². The first kappa shape index (κ1) is 15.1. The summed E-state index contributed by atoms with van der Waals surface area (Å²) in [4.78, 5) is 0. The van der Waals surface area contributed by atoms with Crippen LogP contribution < -0.4 is 0 Å². The van der Waals surface area contributed by atoms with Gasteiger partial charge in [-0.2, -0.15) is 5.10 Å². The molecule has 0 aliphatic rings. The molecule has 0 saturated heterocycles. The van der Waals surface area contributed by atoms with Crippen molar-refractivity contribution in [2.75, 3.05) is 0 Å². The Morgan fingerprint density at radius 2 is 1.95 bits per heavy atom. The molecule has 1 N–H and O–H groups in total. The molecular formula is C14H15BrF2N2O. The highest BCUT2D eigenvalue weighted by atomic mass is 79.9. The lowest BCUT2D eigenvalue weighted by Gasteiger charge is -2.14. The van der Waals surface area contributed by atoms with Crippen molar-refractivity contribution < 1.29 is 13.9 Å². The van der Waals surface area contributed by atoms with Crippen LogP contribution in [0.1, 0.15) is 30.0 Å². The van der Waals surface area contributed by atoms with Gasteiger partial charge in [0.15, 0.2) is 0 Å². The van der Waals surface area contributed by atoms with E-state index in [4.69, 9.17) is 0 Å². The van der Waals surface area contributed by atoms with E-state index in [0.717, 1.165) is 28.0 Å². The van der Waals surface area contributed by atoms with E-state index in [-0.39, 0.29) is 12.0 Å². The summed E-state index contributed by atoms with van der Waals surface area (Å²) in [7, 11) is 0. The number of aliphatic hydroxyl groups excluding tert-OH is 1. The summed E-state index contributed by atoms with van der Waals surface area (Å²) in [5, 5.41) is 14.4. The standard InChI is InChI=1S/C14H15BrF2N2O/c1-3-19-11(14(15)8(2)18-19)7-12(20)13-9(16)5-4-6-10(13)17/h4-6,12,20H,3,7H2,1-2H3. The fourth-order valence-corrected chi connectivity index (χ4v) is 2.62. The molecule has 2 aromatic rings. The van der Waals surface area contributed by atoms with E-state index in [1.165, 1.54) is 6.07 Å². The average molecular weight is 345 g/mol. The number of aliphatic hydroxyl groups is 1. The van der Waals surface area contributed by atoms with E-state index in [9.17, 15) is 13.9 Å². The van der Waals surface area contributed by atoms with Crippen LogP contribution in [-0.4, -0.2) is 14.9 Å². The highest BCUT2D eigenvalue weighted by molar-refractivity contribution is 9.10. The second kappa shape index (κ2) is 6.01. The van der Waals surface area contributed by atoms with Gasteiger partial charge in [-0.15, -0.1) is 0 Å². The second-order valence-electron chi connectivity index (χ2n) is 4.52. The minimum Gasteiger partial charge on any atom is -0.388 e. The molecule has 0 aliphatic carbocycles. The summed E-state index contributed by atoms with van der Waals surface area (Å²) in [6.45, 7) is 4.36. The summed E-state index contributed by atoms with van der Waals surface area (Å²) >= 11 is 3.40. The van der Waals surface area contributed by atoms with Gasteiger partial charge in [-0.3, -0.25) is 4.68 Å². The summed E-state index contributed by atoms with van der Waals surface area (Å²) in [6, 6.07) is 3.55. The van der Waals surface area contributed by atoms with Crippen LogP contribution in [0.25, 0.3) is 0 Å². The lowest BCUT2D eigenvalue weighted by atomic mass is 10.0. The van der Waals surface area contributed by atoms with Gasteiger partial charge in [-0.25, -0.2) is 8.78 Å². The van der Waals surface area contributed by atoms with Crippen LogP contribution in [-0.2, 0) is 13.0 Å². The van der Waals surface area contributed by atoms with Gasteiger partial charge in [-0.05, 0) is 41.9 Å². The van der Waals surface area contributed by atoms with Crippen LogP contribution >= 0.6 is 15.9 Å². The molecule has 0 fully saturated rings. The number of hydrogen-bond donors (Lipinski definition) is 1. The molecule has 1 aromatic carbocycles. The molecule has 6 heteroatoms. The Balaban J connectivity index is 2.35. The number of rotatable bonds is 4. The van der Waals surface area contributed by atoms with Crippen LogP contribution in [0.3, 0.4) is 0 Å². The number of aryl methyl sites for hydroxylation is 2. The third-order valence-electron chi connectivity index (χ3n) is 3.17. The minimum atomic E-state index is -1.26. The van der Waals surface area contributed by atoms with Crippen LogP contribution in [0.15, 0.2) is 22.7 Å². The summed E-state index contributed by atoms with van der Waals surface area (Å²) in [6.07, 6.45) is -1.17. The van der Waals surface area contributed by atoms with E-state index in [0.29, 0.717) is 6.54 Å². The lowest BCUT2D eigenvalue weighted by Crippen LogP contribution is -2.11. The van der Waals surface area contributed by atoms with Crippen molar-refractivity contribution in [3.8, 4) is 0 Å². The van der Waals surface area contributed by atoms with Gasteiger partial charge < -0.3 is 5.11 Å². The molecule has 0 saturated carbocycles. The first-order valence-electron chi connectivity index (χ1n) is 6.29. The number of aromatic nitrogens is 2. The molecule has 20 heavy (non-hydrogen) atoms. The molecule has 0 aliphatic heterocycles. The Hall–Kier alpha value is -1.27. The third-order valence-corrected chi connectivity index (χ3v) is 4.20. The molecule has 1 heterocycles. The Bertz CT molecular complexity index is 608. The molecule has 0 radical (unpaired) electrons. The van der Waals surface area contributed by atoms with Gasteiger partial charge in [0, 0.05) is 13.0 Å². The number of nitrogens with zero attached hydrogens (tertiary/aromatic N) is 2. The smallest absolute Gasteiger partial charge is 0.131 e. The minimum absolute atomic E-state index is 0.0904. The highest BCUT2D eigenvalue weighted by Crippen LogP contribution is 2.28. The summed E-state index contributed by atoms with van der Waals surface area (Å²) < 4.78 is 29.8. The van der Waals surface area contributed by atoms with Gasteiger partial charge in [0.05, 0.1) is 27.5 Å². The van der Waals surface area contributed by atoms with Crippen molar-refractivity contribution >= 4 is 15.9 Å². The third kappa shape index (κ3) is 2.76. The van der Waals surface area contributed by atoms with Crippen molar-refractivity contribution in [2.24, 2.45) is 0 Å². The monoisotopic (exact) mass is 344 g/mol. The largest absolute Gasteiger partial charge is 0.388 e. The predicted molar refractivity (Wildman–Crippen MR) is 75.4 cm³/mol. The van der Waals surface area contributed by atoms with E-state index in [2.05, 4.69) is 21.0 Å². The predicted octanol–water partition coefficient (Wildman–Crippen LogP) is 3.53. The molecule has 1 atom stereocenters. The normalized spacial score (nSPS) is 12.7. The zero-order valence-electron chi connectivity index (χ0n) is 11.2. The van der Waals surface area contributed by atoms with Crippen LogP contribution in [0.5, 0.6) is 0 Å². The maximum Gasteiger partial charge on any atom is 0.131 e. The van der Waals surface area contributed by atoms with Gasteiger partial charge in [0.25, 0.3) is 0 Å². The van der Waals surface area contributed by atoms with Crippen molar-refractivity contribution in [3.05, 3.63) is 51.3 Å². The van der Waals surface area contributed by atoms with Crippen molar-refractivity contribution in [3.63, 3.8) is 0 Å². The molecule has 1 unspecified atom stereocenters. The molecule has 0 bridgehead atoms. The first-order valence-corrected chi connectivity index (χ1v) is 7.08. The Morgan fingerprint density at radius 3 is 2.50 bits per heavy atom. The molecular weight excluding hydrogens is 330 g/mol. The van der Waals surface area contributed by atoms with E-state index in [1.54, 1.807) is 4.68 Å². The molecule has 3 nitrogen and oxygen atoms in total. The zero-order chi connectivity index (χ0) is 14.9. The fraction of sp³-hybridized carbons (Fsp3) is 0.357. The molecule has 0 amide bonds. The Kier molecular flexibility index (Phi) is 4.55. The number of benzene rings is 1. The maximum absolute atomic E-state index is 13.7. The topological polar surface area (TPSA) is 38.0 Å². The first-order chi connectivity index (χ1) is 9.45. The van der Waals surface area contributed by atoms with Gasteiger partial charge in [0.1, 0.15) is 11.6 Å². The number of hydrogen-bond acceptors (Lipinski definition) is 2. The van der Waals surface area contributed by atoms with E-state index < -0.39 is 17.7 Å². The summed E-state index contributed by atoms with van der Waals surface area (Å²) in [5.41, 5.74) is 1.20. The Morgan fingerprint density at radius 1 is 1.35 bits per heavy atom. The van der Waals surface area contributed by atoms with Gasteiger partial charge >= 0.3 is 0 Å². The van der Waals surface area contributed by atoms with Gasteiger partial charge in [-0.1, -0.05) is 6.07 Å². The highest BCUT2D eigenvalue weighted by Gasteiger charge is 2.22. The molecule has 108 valence electrons. The average Bonchev–Trinajstić information content (AvgIpc) is 2.66. The molecule has 2 rings (SSSR count). The van der Waals surface area contributed by atoms with Crippen molar-refractivity contribution in [2.45, 2.75) is 32.9 Å². The SMILES string of the molecule is CCn1nc(C)c(Br)c1CC(O)c1c(F)cccc1F. The van der Waals surface area contributed by atoms with E-state index >= 15 is 0 Å². The van der Waals surface area contributed by atoms with Crippen LogP contribution in [0.2, 0.25) is 0 Å².